The van der Waals surface area contributed by atoms with E-state index in [0.29, 0.717) is 0 Å². The van der Waals surface area contributed by atoms with Gasteiger partial charge in [-0.2, -0.15) is 0 Å². The molecule has 0 unspecified atom stereocenters. The Kier molecular flexibility index (Phi) is 2.34. The summed E-state index contributed by atoms with van der Waals surface area (Å²) in [6.07, 6.45) is 2.27. The number of benzene rings is 1. The Labute approximate surface area is 88.0 Å². The van der Waals surface area contributed by atoms with Crippen LogP contribution in [0.15, 0.2) is 47.6 Å². The molecule has 1 heteroatoms. The van der Waals surface area contributed by atoms with Crippen molar-refractivity contribution in [1.29, 1.82) is 0 Å². The van der Waals surface area contributed by atoms with Gasteiger partial charge in [-0.15, -0.1) is 0 Å². The quantitative estimate of drug-likeness (QED) is 0.607. The maximum atomic E-state index is 2.27. The lowest BCUT2D eigenvalue weighted by molar-refractivity contribution is 1.38. The van der Waals surface area contributed by atoms with Crippen molar-refractivity contribution in [3.8, 4) is 0 Å². The zero-order valence-electron chi connectivity index (χ0n) is 8.67. The van der Waals surface area contributed by atoms with Gasteiger partial charge >= 0.3 is 0 Å². The van der Waals surface area contributed by atoms with Gasteiger partial charge in [-0.25, -0.2) is 0 Å². The summed E-state index contributed by atoms with van der Waals surface area (Å²) in [6.45, 7) is 4.38. The van der Waals surface area contributed by atoms with Crippen LogP contribution in [0.4, 0.5) is 0 Å². The van der Waals surface area contributed by atoms with Gasteiger partial charge in [0.15, 0.2) is 0 Å². The van der Waals surface area contributed by atoms with Crippen molar-refractivity contribution < 1.29 is 0 Å². The van der Waals surface area contributed by atoms with Gasteiger partial charge in [-0.05, 0) is 51.2 Å². The zero-order valence-corrected chi connectivity index (χ0v) is 10.1. The lowest BCUT2D eigenvalue weighted by Gasteiger charge is -2.06. The van der Waals surface area contributed by atoms with Crippen LogP contribution in [0.5, 0.6) is 0 Å². The third-order valence-corrected chi connectivity index (χ3v) is 3.30. The van der Waals surface area contributed by atoms with Crippen LogP contribution in [0.1, 0.15) is 19.4 Å². The Hall–Kier alpha value is -1.21. The molecular formula is C13H14Si. The highest BCUT2D eigenvalue weighted by atomic mass is 28.1. The van der Waals surface area contributed by atoms with Crippen molar-refractivity contribution in [2.75, 3.05) is 0 Å². The summed E-state index contributed by atoms with van der Waals surface area (Å²) in [6, 6.07) is 10.6. The predicted octanol–water partition coefficient (Wildman–Crippen LogP) is 2.23. The van der Waals surface area contributed by atoms with Crippen molar-refractivity contribution in [2.24, 2.45) is 0 Å². The molecule has 0 heterocycles. The highest BCUT2D eigenvalue weighted by molar-refractivity contribution is 6.58. The molecule has 1 aromatic carbocycles. The minimum absolute atomic E-state index is 1.34. The summed E-state index contributed by atoms with van der Waals surface area (Å²) in [5, 5.41) is 1.41. The predicted molar refractivity (Wildman–Crippen MR) is 66.3 cm³/mol. The van der Waals surface area contributed by atoms with Crippen LogP contribution in [-0.2, 0) is 0 Å². The third kappa shape index (κ3) is 1.44. The van der Waals surface area contributed by atoms with Crippen molar-refractivity contribution in [3.63, 3.8) is 0 Å². The summed E-state index contributed by atoms with van der Waals surface area (Å²) < 4.78 is 0. The maximum Gasteiger partial charge on any atom is -0.0131 e. The minimum atomic E-state index is 1.34. The van der Waals surface area contributed by atoms with E-state index in [4.69, 9.17) is 0 Å². The van der Waals surface area contributed by atoms with Crippen LogP contribution in [0.2, 0.25) is 0 Å². The SMILES string of the molecule is CC1=CC(=[SiH2])C(c2ccccc2)=C1C. The molecule has 0 radical (unpaired) electrons. The van der Waals surface area contributed by atoms with Crippen LogP contribution in [0.3, 0.4) is 0 Å². The molecule has 0 nitrogen and oxygen atoms in total. The van der Waals surface area contributed by atoms with E-state index in [1.165, 1.54) is 27.5 Å². The highest BCUT2D eigenvalue weighted by Crippen LogP contribution is 2.29. The maximum absolute atomic E-state index is 2.27. The van der Waals surface area contributed by atoms with Crippen molar-refractivity contribution in [3.05, 3.63) is 53.1 Å². The van der Waals surface area contributed by atoms with E-state index in [0.717, 1.165) is 0 Å². The van der Waals surface area contributed by atoms with Gasteiger partial charge in [-0.3, -0.25) is 0 Å². The molecule has 2 rings (SSSR count). The molecule has 0 N–H and O–H groups in total. The molecule has 1 aromatic rings. The average molecular weight is 198 g/mol. The summed E-state index contributed by atoms with van der Waals surface area (Å²) in [5.74, 6) is 0. The molecule has 0 spiro atoms. The molecule has 0 aliphatic heterocycles. The molecule has 0 aromatic heterocycles. The molecule has 14 heavy (non-hydrogen) atoms. The normalized spacial score (nSPS) is 16.1. The first kappa shape index (κ1) is 9.35. The van der Waals surface area contributed by atoms with Gasteiger partial charge in [0.05, 0.1) is 0 Å². The molecule has 0 amide bonds. The van der Waals surface area contributed by atoms with Gasteiger partial charge in [0, 0.05) is 0 Å². The lowest BCUT2D eigenvalue weighted by Crippen LogP contribution is -1.95. The minimum Gasteiger partial charge on any atom is -0.0622 e. The standard InChI is InChI=1S/C13H14Si/c1-9-8-12(14)13(10(9)2)11-6-4-3-5-7-11/h3-8H,14H2,1-2H3. The monoisotopic (exact) mass is 198 g/mol. The topological polar surface area (TPSA) is 0 Å². The van der Waals surface area contributed by atoms with Gasteiger partial charge in [0.2, 0.25) is 0 Å². The summed E-state index contributed by atoms with van der Waals surface area (Å²) in [7, 11) is 1.97. The van der Waals surface area contributed by atoms with Gasteiger partial charge in [0.1, 0.15) is 0 Å². The number of hydrogen-bond acceptors (Lipinski definition) is 0. The molecule has 70 valence electrons. The van der Waals surface area contributed by atoms with E-state index < -0.39 is 0 Å². The number of hydrogen-bond donors (Lipinski definition) is 0. The molecule has 1 aliphatic carbocycles. The molecule has 0 saturated carbocycles. The summed E-state index contributed by atoms with van der Waals surface area (Å²) in [5.41, 5.74) is 5.57. The Balaban J connectivity index is 2.53. The smallest absolute Gasteiger partial charge is 0.0131 e. The van der Waals surface area contributed by atoms with E-state index >= 15 is 0 Å². The van der Waals surface area contributed by atoms with Crippen LogP contribution in [0, 0.1) is 0 Å². The summed E-state index contributed by atoms with van der Waals surface area (Å²) >= 11 is 0. The Bertz CT molecular complexity index is 436. The van der Waals surface area contributed by atoms with Gasteiger partial charge < -0.3 is 0 Å². The molecule has 0 saturated heterocycles. The van der Waals surface area contributed by atoms with E-state index in [1.807, 2.05) is 9.85 Å². The Morgan fingerprint density at radius 3 is 2.14 bits per heavy atom. The van der Waals surface area contributed by atoms with Crippen LogP contribution < -0.4 is 0 Å². The van der Waals surface area contributed by atoms with E-state index in [1.54, 1.807) is 0 Å². The molecular weight excluding hydrogens is 184 g/mol. The molecule has 1 aliphatic rings. The first-order chi connectivity index (χ1) is 6.70. The van der Waals surface area contributed by atoms with Gasteiger partial charge in [-0.1, -0.05) is 36.4 Å². The zero-order chi connectivity index (χ0) is 10.1. The van der Waals surface area contributed by atoms with Crippen molar-refractivity contribution in [2.45, 2.75) is 13.8 Å². The fourth-order valence-corrected chi connectivity index (χ4v) is 2.66. The van der Waals surface area contributed by atoms with Crippen molar-refractivity contribution in [1.82, 2.24) is 0 Å². The van der Waals surface area contributed by atoms with Crippen molar-refractivity contribution >= 4 is 20.6 Å². The fraction of sp³-hybridized carbons (Fsp3) is 0.154. The average Bonchev–Trinajstić information content (AvgIpc) is 2.43. The van der Waals surface area contributed by atoms with Crippen LogP contribution in [-0.4, -0.2) is 15.0 Å². The molecule has 0 atom stereocenters. The van der Waals surface area contributed by atoms with E-state index in [9.17, 15) is 0 Å². The first-order valence-electron chi connectivity index (χ1n) is 4.84. The summed E-state index contributed by atoms with van der Waals surface area (Å²) in [4.78, 5) is 0. The lowest BCUT2D eigenvalue weighted by atomic mass is 10.0. The number of allylic oxidation sites excluding steroid dienone is 4. The van der Waals surface area contributed by atoms with Gasteiger partial charge in [0.25, 0.3) is 0 Å². The third-order valence-electron chi connectivity index (χ3n) is 2.74. The van der Waals surface area contributed by atoms with E-state index in [-0.39, 0.29) is 0 Å². The Morgan fingerprint density at radius 2 is 1.64 bits per heavy atom. The molecule has 0 fully saturated rings. The second kappa shape index (κ2) is 3.50. The molecule has 0 bridgehead atoms. The second-order valence-electron chi connectivity index (χ2n) is 3.72. The highest BCUT2D eigenvalue weighted by Gasteiger charge is 2.14. The largest absolute Gasteiger partial charge is 0.0622 e. The number of rotatable bonds is 1. The Morgan fingerprint density at radius 1 is 1.00 bits per heavy atom. The van der Waals surface area contributed by atoms with Crippen LogP contribution in [0.25, 0.3) is 5.57 Å². The first-order valence-corrected chi connectivity index (χ1v) is 5.55. The fourth-order valence-electron chi connectivity index (χ4n) is 1.89. The van der Waals surface area contributed by atoms with E-state index in [2.05, 4.69) is 50.3 Å². The van der Waals surface area contributed by atoms with Crippen LogP contribution >= 0.6 is 0 Å². The second-order valence-corrected chi connectivity index (χ2v) is 4.48.